The van der Waals surface area contributed by atoms with E-state index in [9.17, 15) is 18.0 Å². The Kier molecular flexibility index (Phi) is 5.65. The van der Waals surface area contributed by atoms with E-state index in [-0.39, 0.29) is 11.7 Å². The van der Waals surface area contributed by atoms with Crippen LogP contribution in [0.3, 0.4) is 0 Å². The summed E-state index contributed by atoms with van der Waals surface area (Å²) in [6.45, 7) is 1.95. The molecule has 0 spiro atoms. The quantitative estimate of drug-likeness (QED) is 0.876. The minimum absolute atomic E-state index is 0.192. The molecule has 1 amide bonds. The predicted molar refractivity (Wildman–Crippen MR) is 76.6 cm³/mol. The second-order valence-corrected chi connectivity index (χ2v) is 5.36. The maximum Gasteiger partial charge on any atom is 0.573 e. The number of benzene rings is 1. The third-order valence-corrected chi connectivity index (χ3v) is 3.59. The van der Waals surface area contributed by atoms with Gasteiger partial charge in [-0.2, -0.15) is 0 Å². The van der Waals surface area contributed by atoms with E-state index < -0.39 is 6.36 Å². The first kappa shape index (κ1) is 16.6. The summed E-state index contributed by atoms with van der Waals surface area (Å²) in [6.07, 6.45) is -1.46. The SMILES string of the molecule is O=C(CCC1CCNCC1)Nc1cccc(OC(F)(F)F)c1. The van der Waals surface area contributed by atoms with Crippen LogP contribution in [0.25, 0.3) is 0 Å². The molecule has 122 valence electrons. The van der Waals surface area contributed by atoms with E-state index in [2.05, 4.69) is 15.4 Å². The van der Waals surface area contributed by atoms with Gasteiger partial charge in [-0.1, -0.05) is 6.07 Å². The van der Waals surface area contributed by atoms with Crippen LogP contribution in [0.2, 0.25) is 0 Å². The molecule has 1 heterocycles. The number of anilines is 1. The van der Waals surface area contributed by atoms with Gasteiger partial charge in [0.25, 0.3) is 0 Å². The molecule has 0 bridgehead atoms. The lowest BCUT2D eigenvalue weighted by molar-refractivity contribution is -0.274. The Balaban J connectivity index is 1.81. The molecule has 7 heteroatoms. The Morgan fingerprint density at radius 2 is 2.05 bits per heavy atom. The van der Waals surface area contributed by atoms with Gasteiger partial charge in [-0.05, 0) is 50.4 Å². The zero-order valence-electron chi connectivity index (χ0n) is 12.1. The predicted octanol–water partition coefficient (Wildman–Crippen LogP) is 3.30. The fraction of sp³-hybridized carbons (Fsp3) is 0.533. The molecule has 0 saturated carbocycles. The number of halogens is 3. The molecule has 0 aromatic heterocycles. The first-order valence-corrected chi connectivity index (χ1v) is 7.29. The fourth-order valence-corrected chi connectivity index (χ4v) is 2.50. The summed E-state index contributed by atoms with van der Waals surface area (Å²) < 4.78 is 40.3. The first-order chi connectivity index (χ1) is 10.4. The Labute approximate surface area is 127 Å². The van der Waals surface area contributed by atoms with Crippen molar-refractivity contribution >= 4 is 11.6 Å². The molecular formula is C15H19F3N2O2. The van der Waals surface area contributed by atoms with Crippen LogP contribution in [-0.2, 0) is 4.79 Å². The number of alkyl halides is 3. The molecular weight excluding hydrogens is 297 g/mol. The Hall–Kier alpha value is -1.76. The number of hydrogen-bond donors (Lipinski definition) is 2. The van der Waals surface area contributed by atoms with Gasteiger partial charge in [0.05, 0.1) is 0 Å². The lowest BCUT2D eigenvalue weighted by Crippen LogP contribution is -2.28. The lowest BCUT2D eigenvalue weighted by Gasteiger charge is -2.22. The Morgan fingerprint density at radius 3 is 2.73 bits per heavy atom. The third-order valence-electron chi connectivity index (χ3n) is 3.59. The van der Waals surface area contributed by atoms with Crippen LogP contribution in [0.4, 0.5) is 18.9 Å². The average Bonchev–Trinajstić information content (AvgIpc) is 2.45. The largest absolute Gasteiger partial charge is 0.573 e. The van der Waals surface area contributed by atoms with E-state index in [0.29, 0.717) is 18.0 Å². The van der Waals surface area contributed by atoms with Gasteiger partial charge in [0.15, 0.2) is 0 Å². The van der Waals surface area contributed by atoms with E-state index in [1.807, 2.05) is 0 Å². The number of carbonyl (C=O) groups excluding carboxylic acids is 1. The van der Waals surface area contributed by atoms with Crippen LogP contribution in [0, 0.1) is 5.92 Å². The molecule has 0 aliphatic carbocycles. The topological polar surface area (TPSA) is 50.4 Å². The van der Waals surface area contributed by atoms with Crippen LogP contribution in [0.5, 0.6) is 5.75 Å². The van der Waals surface area contributed by atoms with E-state index in [1.165, 1.54) is 18.2 Å². The third kappa shape index (κ3) is 5.93. The maximum atomic E-state index is 12.1. The molecule has 1 fully saturated rings. The minimum Gasteiger partial charge on any atom is -0.406 e. The molecule has 1 aliphatic rings. The molecule has 2 rings (SSSR count). The van der Waals surface area contributed by atoms with Crippen molar-refractivity contribution in [2.75, 3.05) is 18.4 Å². The van der Waals surface area contributed by atoms with Gasteiger partial charge in [-0.15, -0.1) is 13.2 Å². The van der Waals surface area contributed by atoms with Crippen molar-refractivity contribution in [3.05, 3.63) is 24.3 Å². The summed E-state index contributed by atoms with van der Waals surface area (Å²) in [4.78, 5) is 11.9. The first-order valence-electron chi connectivity index (χ1n) is 7.29. The molecule has 22 heavy (non-hydrogen) atoms. The van der Waals surface area contributed by atoms with Crippen molar-refractivity contribution in [3.8, 4) is 5.75 Å². The number of nitrogens with one attached hydrogen (secondary N) is 2. The van der Waals surface area contributed by atoms with Crippen LogP contribution < -0.4 is 15.4 Å². The second-order valence-electron chi connectivity index (χ2n) is 5.36. The number of piperidine rings is 1. The minimum atomic E-state index is -4.74. The highest BCUT2D eigenvalue weighted by Crippen LogP contribution is 2.25. The molecule has 2 N–H and O–H groups in total. The van der Waals surface area contributed by atoms with Crippen LogP contribution >= 0.6 is 0 Å². The molecule has 0 radical (unpaired) electrons. The van der Waals surface area contributed by atoms with Crippen molar-refractivity contribution < 1.29 is 22.7 Å². The van der Waals surface area contributed by atoms with E-state index in [0.717, 1.165) is 38.4 Å². The van der Waals surface area contributed by atoms with Crippen molar-refractivity contribution in [3.63, 3.8) is 0 Å². The van der Waals surface area contributed by atoms with Crippen molar-refractivity contribution in [1.82, 2.24) is 5.32 Å². The second kappa shape index (κ2) is 7.49. The highest BCUT2D eigenvalue weighted by Gasteiger charge is 2.31. The molecule has 0 unspecified atom stereocenters. The molecule has 4 nitrogen and oxygen atoms in total. The summed E-state index contributed by atoms with van der Waals surface area (Å²) in [6, 6.07) is 5.29. The van der Waals surface area contributed by atoms with Crippen molar-refractivity contribution in [1.29, 1.82) is 0 Å². The van der Waals surface area contributed by atoms with Gasteiger partial charge in [0, 0.05) is 18.2 Å². The van der Waals surface area contributed by atoms with Crippen LogP contribution in [0.15, 0.2) is 24.3 Å². The summed E-state index contributed by atoms with van der Waals surface area (Å²) in [5.74, 6) is -0.00163. The number of rotatable bonds is 5. The van der Waals surface area contributed by atoms with Crippen molar-refractivity contribution in [2.24, 2.45) is 5.92 Å². The summed E-state index contributed by atoms with van der Waals surface area (Å²) in [5, 5.41) is 5.87. The number of amides is 1. The molecule has 0 atom stereocenters. The summed E-state index contributed by atoms with van der Waals surface area (Å²) in [5.41, 5.74) is 0.303. The lowest BCUT2D eigenvalue weighted by atomic mass is 9.93. The summed E-state index contributed by atoms with van der Waals surface area (Å²) in [7, 11) is 0. The van der Waals surface area contributed by atoms with Crippen LogP contribution in [-0.4, -0.2) is 25.4 Å². The van der Waals surface area contributed by atoms with Gasteiger partial charge in [0.2, 0.25) is 5.91 Å². The zero-order valence-corrected chi connectivity index (χ0v) is 12.1. The highest BCUT2D eigenvalue weighted by atomic mass is 19.4. The Morgan fingerprint density at radius 1 is 1.32 bits per heavy atom. The standard InChI is InChI=1S/C15H19F3N2O2/c16-15(17,18)22-13-3-1-2-12(10-13)20-14(21)5-4-11-6-8-19-9-7-11/h1-3,10-11,19H,4-9H2,(H,20,21). The van der Waals surface area contributed by atoms with Gasteiger partial charge < -0.3 is 15.4 Å². The fourth-order valence-electron chi connectivity index (χ4n) is 2.50. The molecule has 1 aliphatic heterocycles. The van der Waals surface area contributed by atoms with Gasteiger partial charge in [-0.25, -0.2) is 0 Å². The summed E-state index contributed by atoms with van der Waals surface area (Å²) >= 11 is 0. The monoisotopic (exact) mass is 316 g/mol. The van der Waals surface area contributed by atoms with Gasteiger partial charge >= 0.3 is 6.36 Å². The van der Waals surface area contributed by atoms with Crippen LogP contribution in [0.1, 0.15) is 25.7 Å². The number of carbonyl (C=O) groups is 1. The normalized spacial score (nSPS) is 16.3. The van der Waals surface area contributed by atoms with E-state index >= 15 is 0 Å². The smallest absolute Gasteiger partial charge is 0.406 e. The molecule has 1 aromatic carbocycles. The molecule has 1 aromatic rings. The highest BCUT2D eigenvalue weighted by molar-refractivity contribution is 5.90. The van der Waals surface area contributed by atoms with Gasteiger partial charge in [0.1, 0.15) is 5.75 Å². The average molecular weight is 316 g/mol. The number of ether oxygens (including phenoxy) is 1. The van der Waals surface area contributed by atoms with E-state index in [4.69, 9.17) is 0 Å². The zero-order chi connectivity index (χ0) is 16.0. The van der Waals surface area contributed by atoms with Gasteiger partial charge in [-0.3, -0.25) is 4.79 Å². The van der Waals surface area contributed by atoms with Crippen molar-refractivity contribution in [2.45, 2.75) is 32.0 Å². The number of hydrogen-bond acceptors (Lipinski definition) is 3. The Bertz CT molecular complexity index is 500. The van der Waals surface area contributed by atoms with E-state index in [1.54, 1.807) is 0 Å². The maximum absolute atomic E-state index is 12.1. The molecule has 1 saturated heterocycles.